The first-order valence-electron chi connectivity index (χ1n) is 6.51. The number of nitrogens with zero attached hydrogens (tertiary/aromatic N) is 1. The van der Waals surface area contributed by atoms with Crippen LogP contribution in [0.15, 0.2) is 48.5 Å². The number of rotatable bonds is 1. The summed E-state index contributed by atoms with van der Waals surface area (Å²) in [5.74, 6) is 0.0483. The molecule has 96 valence electrons. The van der Waals surface area contributed by atoms with Crippen molar-refractivity contribution in [1.29, 1.82) is 0 Å². The normalized spacial score (nSPS) is 14.0. The second kappa shape index (κ2) is 4.76. The number of nitrogen functional groups attached to an aromatic ring is 1. The van der Waals surface area contributed by atoms with Crippen molar-refractivity contribution in [3.05, 3.63) is 59.7 Å². The number of fused-ring (bicyclic) bond motifs is 1. The summed E-state index contributed by atoms with van der Waals surface area (Å²) in [5.41, 5.74) is 9.56. The summed E-state index contributed by atoms with van der Waals surface area (Å²) >= 11 is 0. The van der Waals surface area contributed by atoms with Gasteiger partial charge in [-0.2, -0.15) is 0 Å². The molecule has 0 aliphatic carbocycles. The quantitative estimate of drug-likeness (QED) is 0.793. The first-order valence-corrected chi connectivity index (χ1v) is 6.51. The summed E-state index contributed by atoms with van der Waals surface area (Å²) < 4.78 is 0. The smallest absolute Gasteiger partial charge is 0.258 e. The molecule has 0 atom stereocenters. The van der Waals surface area contributed by atoms with Gasteiger partial charge in [0.1, 0.15) is 0 Å². The van der Waals surface area contributed by atoms with E-state index in [1.165, 1.54) is 0 Å². The molecule has 19 heavy (non-hydrogen) atoms. The molecule has 1 aliphatic heterocycles. The van der Waals surface area contributed by atoms with Gasteiger partial charge in [-0.05, 0) is 42.7 Å². The SMILES string of the molecule is Nc1cccc2c1CCCN2C(=O)c1ccccc1. The fourth-order valence-corrected chi connectivity index (χ4v) is 2.60. The largest absolute Gasteiger partial charge is 0.398 e. The highest BCUT2D eigenvalue weighted by Crippen LogP contribution is 2.32. The zero-order valence-electron chi connectivity index (χ0n) is 10.7. The van der Waals surface area contributed by atoms with E-state index in [4.69, 9.17) is 5.73 Å². The van der Waals surface area contributed by atoms with Crippen LogP contribution >= 0.6 is 0 Å². The average Bonchev–Trinajstić information content (AvgIpc) is 2.47. The predicted molar refractivity (Wildman–Crippen MR) is 77.3 cm³/mol. The van der Waals surface area contributed by atoms with Crippen LogP contribution in [0.25, 0.3) is 0 Å². The first-order chi connectivity index (χ1) is 9.27. The van der Waals surface area contributed by atoms with Gasteiger partial charge in [-0.1, -0.05) is 24.3 Å². The van der Waals surface area contributed by atoms with Crippen LogP contribution in [-0.2, 0) is 6.42 Å². The van der Waals surface area contributed by atoms with E-state index < -0.39 is 0 Å². The number of nitrogens with two attached hydrogens (primary N) is 1. The van der Waals surface area contributed by atoms with Crippen molar-refractivity contribution in [2.75, 3.05) is 17.2 Å². The highest BCUT2D eigenvalue weighted by Gasteiger charge is 2.24. The number of carbonyl (C=O) groups is 1. The van der Waals surface area contributed by atoms with Crippen molar-refractivity contribution in [3.8, 4) is 0 Å². The second-order valence-corrected chi connectivity index (χ2v) is 4.77. The van der Waals surface area contributed by atoms with Gasteiger partial charge in [-0.25, -0.2) is 0 Å². The third kappa shape index (κ3) is 2.08. The minimum Gasteiger partial charge on any atom is -0.398 e. The zero-order chi connectivity index (χ0) is 13.2. The molecule has 2 aromatic rings. The maximum absolute atomic E-state index is 12.6. The van der Waals surface area contributed by atoms with Crippen LogP contribution in [0, 0.1) is 0 Å². The molecule has 2 aromatic carbocycles. The fraction of sp³-hybridized carbons (Fsp3) is 0.188. The number of carbonyl (C=O) groups excluding carboxylic acids is 1. The van der Waals surface area contributed by atoms with Gasteiger partial charge in [-0.15, -0.1) is 0 Å². The number of anilines is 2. The molecule has 0 radical (unpaired) electrons. The summed E-state index contributed by atoms with van der Waals surface area (Å²) in [4.78, 5) is 14.4. The Bertz CT molecular complexity index is 607. The van der Waals surface area contributed by atoms with Gasteiger partial charge in [0.15, 0.2) is 0 Å². The molecule has 0 aromatic heterocycles. The van der Waals surface area contributed by atoms with Gasteiger partial charge in [0.25, 0.3) is 5.91 Å². The number of benzene rings is 2. The molecule has 2 N–H and O–H groups in total. The van der Waals surface area contributed by atoms with Crippen LogP contribution in [-0.4, -0.2) is 12.5 Å². The molecule has 1 heterocycles. The minimum atomic E-state index is 0.0483. The molecule has 0 bridgehead atoms. The first kappa shape index (κ1) is 11.8. The molecule has 0 unspecified atom stereocenters. The number of hydrogen-bond donors (Lipinski definition) is 1. The van der Waals surface area contributed by atoms with Gasteiger partial charge in [-0.3, -0.25) is 4.79 Å². The van der Waals surface area contributed by atoms with E-state index in [1.807, 2.05) is 53.4 Å². The van der Waals surface area contributed by atoms with Crippen LogP contribution in [0.5, 0.6) is 0 Å². The zero-order valence-corrected chi connectivity index (χ0v) is 10.7. The third-order valence-electron chi connectivity index (χ3n) is 3.55. The van der Waals surface area contributed by atoms with E-state index in [-0.39, 0.29) is 5.91 Å². The highest BCUT2D eigenvalue weighted by molar-refractivity contribution is 6.07. The summed E-state index contributed by atoms with van der Waals surface area (Å²) in [6.45, 7) is 0.754. The molecule has 3 heteroatoms. The molecule has 1 amide bonds. The van der Waals surface area contributed by atoms with Crippen LogP contribution < -0.4 is 10.6 Å². The third-order valence-corrected chi connectivity index (χ3v) is 3.55. The van der Waals surface area contributed by atoms with Crippen LogP contribution in [0.1, 0.15) is 22.3 Å². The highest BCUT2D eigenvalue weighted by atomic mass is 16.2. The molecule has 1 aliphatic rings. The van der Waals surface area contributed by atoms with Gasteiger partial charge >= 0.3 is 0 Å². The standard InChI is InChI=1S/C16H16N2O/c17-14-9-4-10-15-13(14)8-5-11-18(15)16(19)12-6-2-1-3-7-12/h1-4,6-7,9-10H,5,8,11,17H2. The van der Waals surface area contributed by atoms with E-state index in [0.717, 1.165) is 41.9 Å². The van der Waals surface area contributed by atoms with Crippen LogP contribution in [0.4, 0.5) is 11.4 Å². The Hall–Kier alpha value is -2.29. The van der Waals surface area contributed by atoms with Gasteiger partial charge in [0.2, 0.25) is 0 Å². The minimum absolute atomic E-state index is 0.0483. The molecule has 3 rings (SSSR count). The van der Waals surface area contributed by atoms with Crippen LogP contribution in [0.2, 0.25) is 0 Å². The average molecular weight is 252 g/mol. The Morgan fingerprint density at radius 1 is 1.05 bits per heavy atom. The summed E-state index contributed by atoms with van der Waals surface area (Å²) in [6, 6.07) is 15.2. The second-order valence-electron chi connectivity index (χ2n) is 4.77. The Labute approximate surface area is 112 Å². The lowest BCUT2D eigenvalue weighted by molar-refractivity contribution is 0.0985. The van der Waals surface area contributed by atoms with E-state index in [0.29, 0.717) is 0 Å². The summed E-state index contributed by atoms with van der Waals surface area (Å²) in [7, 11) is 0. The van der Waals surface area contributed by atoms with E-state index in [1.54, 1.807) is 0 Å². The van der Waals surface area contributed by atoms with E-state index >= 15 is 0 Å². The van der Waals surface area contributed by atoms with E-state index in [2.05, 4.69) is 0 Å². The summed E-state index contributed by atoms with van der Waals surface area (Å²) in [5, 5.41) is 0. The predicted octanol–water partition coefficient (Wildman–Crippen LogP) is 2.86. The number of hydrogen-bond acceptors (Lipinski definition) is 2. The lowest BCUT2D eigenvalue weighted by atomic mass is 9.99. The summed E-state index contributed by atoms with van der Waals surface area (Å²) in [6.07, 6.45) is 1.90. The molecule has 3 nitrogen and oxygen atoms in total. The Kier molecular flexibility index (Phi) is 2.95. The van der Waals surface area contributed by atoms with Gasteiger partial charge < -0.3 is 10.6 Å². The molecular formula is C16H16N2O. The molecule has 0 saturated heterocycles. The maximum atomic E-state index is 12.6. The van der Waals surface area contributed by atoms with Crippen molar-refractivity contribution in [2.45, 2.75) is 12.8 Å². The van der Waals surface area contributed by atoms with Crippen LogP contribution in [0.3, 0.4) is 0 Å². The molecular weight excluding hydrogens is 236 g/mol. The molecule has 0 spiro atoms. The maximum Gasteiger partial charge on any atom is 0.258 e. The Morgan fingerprint density at radius 2 is 1.84 bits per heavy atom. The van der Waals surface area contributed by atoms with Gasteiger partial charge in [0, 0.05) is 23.5 Å². The number of amides is 1. The Morgan fingerprint density at radius 3 is 2.63 bits per heavy atom. The molecule has 0 fully saturated rings. The van der Waals surface area contributed by atoms with Gasteiger partial charge in [0.05, 0.1) is 0 Å². The fourth-order valence-electron chi connectivity index (χ4n) is 2.60. The lowest BCUT2D eigenvalue weighted by Gasteiger charge is -2.30. The van der Waals surface area contributed by atoms with Crippen molar-refractivity contribution < 1.29 is 4.79 Å². The van der Waals surface area contributed by atoms with Crippen molar-refractivity contribution in [3.63, 3.8) is 0 Å². The van der Waals surface area contributed by atoms with Crippen molar-refractivity contribution in [1.82, 2.24) is 0 Å². The monoisotopic (exact) mass is 252 g/mol. The van der Waals surface area contributed by atoms with E-state index in [9.17, 15) is 4.79 Å². The lowest BCUT2D eigenvalue weighted by Crippen LogP contribution is -2.35. The van der Waals surface area contributed by atoms with Crippen molar-refractivity contribution >= 4 is 17.3 Å². The molecule has 0 saturated carbocycles. The Balaban J connectivity index is 2.01. The van der Waals surface area contributed by atoms with Crippen molar-refractivity contribution in [2.24, 2.45) is 0 Å². The topological polar surface area (TPSA) is 46.3 Å².